The van der Waals surface area contributed by atoms with Crippen molar-refractivity contribution in [1.29, 1.82) is 0 Å². The molecular formula is C20H24N6O6P2S4. The monoisotopic (exact) mass is 634 g/mol. The minimum atomic E-state index is -2.40. The van der Waals surface area contributed by atoms with Crippen molar-refractivity contribution in [1.82, 2.24) is 30.0 Å². The molecule has 12 nitrogen and oxygen atoms in total. The minimum Gasteiger partial charge on any atom is -0.325 e. The van der Waals surface area contributed by atoms with Gasteiger partial charge in [0.05, 0.1) is 10.8 Å². The van der Waals surface area contributed by atoms with Gasteiger partial charge < -0.3 is 18.1 Å². The summed E-state index contributed by atoms with van der Waals surface area (Å²) in [5, 5.41) is 16.8. The topological polar surface area (TPSA) is 132 Å². The van der Waals surface area contributed by atoms with Gasteiger partial charge in [-0.25, -0.2) is 0 Å². The lowest BCUT2D eigenvalue weighted by atomic mass is 10.2. The third-order valence-electron chi connectivity index (χ3n) is 4.83. The van der Waals surface area contributed by atoms with Gasteiger partial charge in [-0.15, -0.1) is 10.2 Å². The van der Waals surface area contributed by atoms with Crippen LogP contribution in [0.4, 0.5) is 0 Å². The predicted octanol–water partition coefficient (Wildman–Crippen LogP) is 4.00. The van der Waals surface area contributed by atoms with Crippen molar-refractivity contribution in [3.8, 4) is 0 Å². The Labute approximate surface area is 236 Å². The zero-order valence-corrected chi connectivity index (χ0v) is 25.7. The number of fused-ring (bicyclic) bond motifs is 2. The van der Waals surface area contributed by atoms with Gasteiger partial charge >= 0.3 is 0 Å². The molecule has 38 heavy (non-hydrogen) atoms. The largest absolute Gasteiger partial charge is 0.325 e. The van der Waals surface area contributed by atoms with Gasteiger partial charge in [-0.3, -0.25) is 9.59 Å². The summed E-state index contributed by atoms with van der Waals surface area (Å²) in [5.74, 6) is 0.491. The maximum atomic E-state index is 12.2. The molecule has 204 valence electrons. The molecule has 4 aromatic rings. The second-order valence-electron chi connectivity index (χ2n) is 6.96. The zero-order valence-electron chi connectivity index (χ0n) is 20.7. The average Bonchev–Trinajstić information content (AvgIpc) is 2.97. The minimum absolute atomic E-state index is 0.202. The molecule has 0 aliphatic rings. The summed E-state index contributed by atoms with van der Waals surface area (Å²) in [6.45, 7) is 0. The molecule has 0 radical (unpaired) electrons. The van der Waals surface area contributed by atoms with Crippen LogP contribution in [-0.4, -0.2) is 58.4 Å². The van der Waals surface area contributed by atoms with E-state index in [1.807, 2.05) is 12.1 Å². The van der Waals surface area contributed by atoms with Crippen LogP contribution in [0.3, 0.4) is 0 Å². The van der Waals surface area contributed by atoms with Gasteiger partial charge in [0, 0.05) is 28.4 Å². The molecule has 4 rings (SSSR count). The summed E-state index contributed by atoms with van der Waals surface area (Å²) in [7, 11) is 5.97. The highest BCUT2D eigenvalue weighted by Gasteiger charge is 2.18. The highest BCUT2D eigenvalue weighted by Crippen LogP contribution is 2.60. The van der Waals surface area contributed by atoms with Crippen molar-refractivity contribution < 1.29 is 18.1 Å². The van der Waals surface area contributed by atoms with E-state index in [2.05, 4.69) is 20.6 Å². The molecule has 2 heterocycles. The SMILES string of the molecule is COP(=S)(OC)SCn1nnc2ccccc2c1=O.COP(=S)(OC)SCn1nnc2ccccc2c1=O. The summed E-state index contributed by atoms with van der Waals surface area (Å²) in [5.41, 5.74) is -4.06. The smallest absolute Gasteiger partial charge is 0.278 e. The van der Waals surface area contributed by atoms with Gasteiger partial charge in [0.25, 0.3) is 11.1 Å². The van der Waals surface area contributed by atoms with Crippen molar-refractivity contribution in [3.05, 3.63) is 69.2 Å². The van der Waals surface area contributed by atoms with Crippen LogP contribution in [0.25, 0.3) is 21.8 Å². The van der Waals surface area contributed by atoms with Gasteiger partial charge in [-0.2, -0.15) is 9.36 Å². The van der Waals surface area contributed by atoms with E-state index in [9.17, 15) is 9.59 Å². The summed E-state index contributed by atoms with van der Waals surface area (Å²) in [6.07, 6.45) is 0. The summed E-state index contributed by atoms with van der Waals surface area (Å²) >= 11 is 12.9. The van der Waals surface area contributed by atoms with E-state index in [0.29, 0.717) is 21.8 Å². The van der Waals surface area contributed by atoms with E-state index in [1.165, 1.54) is 60.6 Å². The van der Waals surface area contributed by atoms with Crippen LogP contribution in [0.5, 0.6) is 0 Å². The predicted molar refractivity (Wildman–Crippen MR) is 159 cm³/mol. The lowest BCUT2D eigenvalue weighted by Crippen LogP contribution is -2.23. The Morgan fingerprint density at radius 3 is 1.37 bits per heavy atom. The molecule has 0 bridgehead atoms. The van der Waals surface area contributed by atoms with E-state index in [1.54, 1.807) is 36.4 Å². The Hall–Kier alpha value is -1.58. The number of rotatable bonds is 10. The summed E-state index contributed by atoms with van der Waals surface area (Å²) < 4.78 is 23.1. The summed E-state index contributed by atoms with van der Waals surface area (Å²) in [4.78, 5) is 24.3. The van der Waals surface area contributed by atoms with Crippen molar-refractivity contribution in [2.75, 3.05) is 28.4 Å². The lowest BCUT2D eigenvalue weighted by Gasteiger charge is -2.16. The van der Waals surface area contributed by atoms with Gasteiger partial charge in [-0.05, 0) is 70.6 Å². The van der Waals surface area contributed by atoms with Crippen molar-refractivity contribution in [2.45, 2.75) is 11.8 Å². The highest BCUT2D eigenvalue weighted by molar-refractivity contribution is 8.67. The Morgan fingerprint density at radius 1 is 0.684 bits per heavy atom. The van der Waals surface area contributed by atoms with Crippen molar-refractivity contribution >= 4 is 79.6 Å². The van der Waals surface area contributed by atoms with Gasteiger partial charge in [0.2, 0.25) is 11.4 Å². The highest BCUT2D eigenvalue weighted by atomic mass is 32.9. The molecule has 0 unspecified atom stereocenters. The Kier molecular flexibility index (Phi) is 11.5. The van der Waals surface area contributed by atoms with Crippen LogP contribution in [-0.2, 0) is 53.5 Å². The van der Waals surface area contributed by atoms with E-state index < -0.39 is 11.4 Å². The molecule has 0 saturated heterocycles. The second-order valence-corrected chi connectivity index (χ2v) is 20.0. The Balaban J connectivity index is 0.000000211. The third kappa shape index (κ3) is 7.75. The fraction of sp³-hybridized carbons (Fsp3) is 0.300. The Bertz CT molecular complexity index is 1490. The van der Waals surface area contributed by atoms with Gasteiger partial charge in [0.1, 0.15) is 22.8 Å². The molecule has 0 N–H and O–H groups in total. The molecule has 2 aromatic carbocycles. The molecule has 0 atom stereocenters. The van der Waals surface area contributed by atoms with Crippen LogP contribution in [0.1, 0.15) is 0 Å². The van der Waals surface area contributed by atoms with E-state index >= 15 is 0 Å². The number of hydrogen-bond acceptors (Lipinski definition) is 14. The second kappa shape index (κ2) is 14.2. The normalized spacial score (nSPS) is 11.9. The molecular weight excluding hydrogens is 610 g/mol. The molecule has 2 aromatic heterocycles. The first-order chi connectivity index (χ1) is 18.2. The fourth-order valence-corrected chi connectivity index (χ4v) is 8.00. The van der Waals surface area contributed by atoms with Gasteiger partial charge in [0.15, 0.2) is 0 Å². The molecule has 0 spiro atoms. The first kappa shape index (κ1) is 31.0. The molecule has 0 aliphatic carbocycles. The molecule has 0 amide bonds. The molecule has 18 heteroatoms. The lowest BCUT2D eigenvalue weighted by molar-refractivity contribution is 0.353. The number of aromatic nitrogens is 6. The van der Waals surface area contributed by atoms with Crippen LogP contribution in [0.2, 0.25) is 0 Å². The zero-order chi connectivity index (χ0) is 27.8. The fourth-order valence-electron chi connectivity index (χ4n) is 2.83. The first-order valence-corrected chi connectivity index (χ1v) is 19.0. The van der Waals surface area contributed by atoms with Crippen molar-refractivity contribution in [2.24, 2.45) is 0 Å². The number of hydrogen-bond donors (Lipinski definition) is 0. The summed E-state index contributed by atoms with van der Waals surface area (Å²) in [6, 6.07) is 14.1. The average molecular weight is 635 g/mol. The first-order valence-electron chi connectivity index (χ1n) is 10.6. The van der Waals surface area contributed by atoms with E-state index in [4.69, 9.17) is 41.7 Å². The van der Waals surface area contributed by atoms with Crippen LogP contribution < -0.4 is 11.1 Å². The Morgan fingerprint density at radius 2 is 1.03 bits per heavy atom. The molecule has 0 fully saturated rings. The standard InChI is InChI=1S/2C10H12N3O3PS2/c2*1-15-17(18,16-2)19-7-13-10(14)8-5-3-4-6-9(8)11-12-13/h2*3-6H,7H2,1-2H3. The molecule has 0 saturated carbocycles. The third-order valence-corrected chi connectivity index (χ3v) is 16.0. The number of benzene rings is 2. The van der Waals surface area contributed by atoms with Gasteiger partial charge in [-0.1, -0.05) is 34.7 Å². The number of nitrogens with zero attached hydrogens (tertiary/aromatic N) is 6. The maximum Gasteiger partial charge on any atom is 0.278 e. The van der Waals surface area contributed by atoms with Crippen LogP contribution in [0, 0.1) is 0 Å². The van der Waals surface area contributed by atoms with E-state index in [-0.39, 0.29) is 22.9 Å². The van der Waals surface area contributed by atoms with Crippen LogP contribution in [0.15, 0.2) is 58.1 Å². The maximum absolute atomic E-state index is 12.2. The molecule has 0 aliphatic heterocycles. The van der Waals surface area contributed by atoms with E-state index in [0.717, 1.165) is 0 Å². The van der Waals surface area contributed by atoms with Crippen molar-refractivity contribution in [3.63, 3.8) is 0 Å². The quantitative estimate of drug-likeness (QED) is 0.233. The van der Waals surface area contributed by atoms with Crippen LogP contribution >= 0.6 is 34.2 Å².